The summed E-state index contributed by atoms with van der Waals surface area (Å²) in [6.45, 7) is 5.36. The minimum absolute atomic E-state index is 0.102. The molecule has 0 unspecified atom stereocenters. The summed E-state index contributed by atoms with van der Waals surface area (Å²) in [4.78, 5) is 14.2. The molecule has 1 fully saturated rings. The first kappa shape index (κ1) is 12.8. The van der Waals surface area contributed by atoms with Crippen LogP contribution in [0.5, 0.6) is 0 Å². The van der Waals surface area contributed by atoms with Crippen molar-refractivity contribution in [2.45, 2.75) is 26.1 Å². The van der Waals surface area contributed by atoms with Crippen LogP contribution in [0.1, 0.15) is 24.2 Å². The number of nitrogens with zero attached hydrogens (tertiary/aromatic N) is 1. The number of amides is 1. The fourth-order valence-corrected chi connectivity index (χ4v) is 2.69. The fourth-order valence-electron chi connectivity index (χ4n) is 2.15. The molecule has 0 spiro atoms. The molecule has 0 N–H and O–H groups in total. The first-order valence-electron chi connectivity index (χ1n) is 5.76. The highest BCUT2D eigenvalue weighted by atomic mass is 127. The molecule has 0 saturated carbocycles. The van der Waals surface area contributed by atoms with Crippen LogP contribution in [0, 0.1) is 3.57 Å². The summed E-state index contributed by atoms with van der Waals surface area (Å²) in [6, 6.07) is 7.70. The third-order valence-electron chi connectivity index (χ3n) is 2.78. The second-order valence-corrected chi connectivity index (χ2v) is 5.72. The quantitative estimate of drug-likeness (QED) is 0.732. The van der Waals surface area contributed by atoms with E-state index < -0.39 is 0 Å². The van der Waals surface area contributed by atoms with Crippen molar-refractivity contribution in [1.82, 2.24) is 4.90 Å². The standard InChI is InChI=1S/C13H16INO2/c1-9-7-15(8-10(2)17-9)13(16)11-4-3-5-12(14)6-11/h3-6,9-10H,7-8H2,1-2H3/t9-,10-/m1/s1. The molecular weight excluding hydrogens is 329 g/mol. The molecule has 1 aromatic rings. The minimum atomic E-state index is 0.102. The Morgan fingerprint density at radius 3 is 2.59 bits per heavy atom. The highest BCUT2D eigenvalue weighted by Gasteiger charge is 2.26. The Morgan fingerprint density at radius 1 is 1.35 bits per heavy atom. The monoisotopic (exact) mass is 345 g/mol. The van der Waals surface area contributed by atoms with Crippen LogP contribution >= 0.6 is 22.6 Å². The van der Waals surface area contributed by atoms with Gasteiger partial charge < -0.3 is 9.64 Å². The van der Waals surface area contributed by atoms with Gasteiger partial charge in [0.05, 0.1) is 12.2 Å². The van der Waals surface area contributed by atoms with E-state index in [1.807, 2.05) is 43.0 Å². The Morgan fingerprint density at radius 2 is 2.00 bits per heavy atom. The number of rotatable bonds is 1. The van der Waals surface area contributed by atoms with E-state index in [1.54, 1.807) is 0 Å². The third kappa shape index (κ3) is 3.19. The molecule has 1 aliphatic heterocycles. The molecule has 1 aliphatic rings. The summed E-state index contributed by atoms with van der Waals surface area (Å²) in [6.07, 6.45) is 0.232. The fraction of sp³-hybridized carbons (Fsp3) is 0.462. The molecule has 0 radical (unpaired) electrons. The van der Waals surface area contributed by atoms with E-state index in [1.165, 1.54) is 0 Å². The summed E-state index contributed by atoms with van der Waals surface area (Å²) in [5.74, 6) is 0.102. The van der Waals surface area contributed by atoms with E-state index in [0.29, 0.717) is 13.1 Å². The molecule has 0 aromatic heterocycles. The lowest BCUT2D eigenvalue weighted by Gasteiger charge is -2.35. The Balaban J connectivity index is 2.14. The summed E-state index contributed by atoms with van der Waals surface area (Å²) in [5.41, 5.74) is 0.762. The van der Waals surface area contributed by atoms with E-state index in [0.717, 1.165) is 9.13 Å². The van der Waals surface area contributed by atoms with Gasteiger partial charge in [-0.2, -0.15) is 0 Å². The molecule has 1 aromatic carbocycles. The summed E-state index contributed by atoms with van der Waals surface area (Å²) in [7, 11) is 0. The minimum Gasteiger partial charge on any atom is -0.372 e. The summed E-state index contributed by atoms with van der Waals surface area (Å²) in [5, 5.41) is 0. The average molecular weight is 345 g/mol. The van der Waals surface area contributed by atoms with E-state index in [9.17, 15) is 4.79 Å². The molecule has 17 heavy (non-hydrogen) atoms. The molecule has 1 saturated heterocycles. The molecule has 1 amide bonds. The van der Waals surface area contributed by atoms with Gasteiger partial charge in [-0.3, -0.25) is 4.79 Å². The van der Waals surface area contributed by atoms with Crippen LogP contribution < -0.4 is 0 Å². The normalized spacial score (nSPS) is 24.8. The van der Waals surface area contributed by atoms with Crippen molar-refractivity contribution < 1.29 is 9.53 Å². The smallest absolute Gasteiger partial charge is 0.254 e. The molecule has 0 bridgehead atoms. The second kappa shape index (κ2) is 5.35. The van der Waals surface area contributed by atoms with Gasteiger partial charge in [0.15, 0.2) is 0 Å². The lowest BCUT2D eigenvalue weighted by molar-refractivity contribution is -0.0586. The van der Waals surface area contributed by atoms with Crippen molar-refractivity contribution in [2.24, 2.45) is 0 Å². The zero-order valence-corrected chi connectivity index (χ0v) is 12.2. The maximum absolute atomic E-state index is 12.3. The van der Waals surface area contributed by atoms with Crippen LogP contribution in [-0.4, -0.2) is 36.1 Å². The predicted octanol–water partition coefficient (Wildman–Crippen LogP) is 2.54. The van der Waals surface area contributed by atoms with Crippen LogP contribution in [-0.2, 0) is 4.74 Å². The SMILES string of the molecule is C[C@@H]1CN(C(=O)c2cccc(I)c2)C[C@@H](C)O1. The Labute approximate surface area is 115 Å². The van der Waals surface area contributed by atoms with Crippen molar-refractivity contribution >= 4 is 28.5 Å². The Bertz CT molecular complexity index is 412. The lowest BCUT2D eigenvalue weighted by atomic mass is 10.1. The largest absolute Gasteiger partial charge is 0.372 e. The van der Waals surface area contributed by atoms with Gasteiger partial charge in [-0.25, -0.2) is 0 Å². The molecule has 3 nitrogen and oxygen atoms in total. The number of morpholine rings is 1. The van der Waals surface area contributed by atoms with E-state index in [-0.39, 0.29) is 18.1 Å². The molecule has 1 heterocycles. The number of ether oxygens (including phenoxy) is 1. The van der Waals surface area contributed by atoms with Crippen LogP contribution in [0.3, 0.4) is 0 Å². The van der Waals surface area contributed by atoms with Crippen molar-refractivity contribution in [3.63, 3.8) is 0 Å². The highest BCUT2D eigenvalue weighted by molar-refractivity contribution is 14.1. The number of hydrogen-bond donors (Lipinski definition) is 0. The highest BCUT2D eigenvalue weighted by Crippen LogP contribution is 2.15. The molecule has 2 atom stereocenters. The number of benzene rings is 1. The summed E-state index contributed by atoms with van der Waals surface area (Å²) >= 11 is 2.22. The van der Waals surface area contributed by atoms with E-state index in [4.69, 9.17) is 4.74 Å². The maximum atomic E-state index is 12.3. The molecule has 2 rings (SSSR count). The first-order valence-corrected chi connectivity index (χ1v) is 6.84. The van der Waals surface area contributed by atoms with E-state index >= 15 is 0 Å². The van der Waals surface area contributed by atoms with Crippen LogP contribution in [0.2, 0.25) is 0 Å². The van der Waals surface area contributed by atoms with Crippen molar-refractivity contribution in [1.29, 1.82) is 0 Å². The van der Waals surface area contributed by atoms with Gasteiger partial charge in [0.25, 0.3) is 5.91 Å². The molecule has 0 aliphatic carbocycles. The van der Waals surface area contributed by atoms with Gasteiger partial charge in [-0.05, 0) is 54.6 Å². The van der Waals surface area contributed by atoms with Crippen molar-refractivity contribution in [3.8, 4) is 0 Å². The molecular formula is C13H16INO2. The Hall–Kier alpha value is -0.620. The van der Waals surface area contributed by atoms with Gasteiger partial charge in [-0.15, -0.1) is 0 Å². The van der Waals surface area contributed by atoms with Gasteiger partial charge in [0, 0.05) is 22.2 Å². The zero-order valence-electron chi connectivity index (χ0n) is 10.0. The van der Waals surface area contributed by atoms with E-state index in [2.05, 4.69) is 22.6 Å². The topological polar surface area (TPSA) is 29.5 Å². The predicted molar refractivity (Wildman–Crippen MR) is 75.1 cm³/mol. The van der Waals surface area contributed by atoms with Gasteiger partial charge in [0.1, 0.15) is 0 Å². The van der Waals surface area contributed by atoms with Gasteiger partial charge >= 0.3 is 0 Å². The lowest BCUT2D eigenvalue weighted by Crippen LogP contribution is -2.48. The van der Waals surface area contributed by atoms with Crippen LogP contribution in [0.15, 0.2) is 24.3 Å². The van der Waals surface area contributed by atoms with Gasteiger partial charge in [-0.1, -0.05) is 6.07 Å². The molecule has 92 valence electrons. The summed E-state index contributed by atoms with van der Waals surface area (Å²) < 4.78 is 6.72. The number of carbonyl (C=O) groups is 1. The second-order valence-electron chi connectivity index (χ2n) is 4.48. The number of hydrogen-bond acceptors (Lipinski definition) is 2. The van der Waals surface area contributed by atoms with Crippen molar-refractivity contribution in [3.05, 3.63) is 33.4 Å². The first-order chi connectivity index (χ1) is 8.06. The number of halogens is 1. The molecule has 4 heteroatoms. The Kier molecular flexibility index (Phi) is 4.04. The van der Waals surface area contributed by atoms with Crippen molar-refractivity contribution in [2.75, 3.05) is 13.1 Å². The zero-order chi connectivity index (χ0) is 12.4. The van der Waals surface area contributed by atoms with Crippen LogP contribution in [0.4, 0.5) is 0 Å². The van der Waals surface area contributed by atoms with Gasteiger partial charge in [0.2, 0.25) is 0 Å². The average Bonchev–Trinajstić information content (AvgIpc) is 2.26. The van der Waals surface area contributed by atoms with Crippen LogP contribution in [0.25, 0.3) is 0 Å². The number of carbonyl (C=O) groups excluding carboxylic acids is 1. The maximum Gasteiger partial charge on any atom is 0.254 e. The third-order valence-corrected chi connectivity index (χ3v) is 3.45.